The fraction of sp³-hybridized carbons (Fsp3) is 0.207. The van der Waals surface area contributed by atoms with E-state index in [1.807, 2.05) is 30.3 Å². The minimum atomic E-state index is -0.983. The van der Waals surface area contributed by atoms with Gasteiger partial charge in [-0.3, -0.25) is 19.1 Å². The number of nitrogens with one attached hydrogen (secondary N) is 2. The second kappa shape index (κ2) is 11.8. The van der Waals surface area contributed by atoms with Crippen LogP contribution in [0.4, 0.5) is 11.4 Å². The standard InChI is InChI=1S/C29H26N4O7/c1-18(26(34)30-22-11-7-20(8-12-22)25-31-29(37)40-32-25)24-27(35)33(15-16-38-24)23-13-9-21(10-14-23)28(36)39-17-19-5-3-2-4-6-19/h2-14,18,24H,15-17H2,1H3,(H,30,34)(H,31,32,37). The summed E-state index contributed by atoms with van der Waals surface area (Å²) in [5.74, 6) is -2.37. The fourth-order valence-corrected chi connectivity index (χ4v) is 4.26. The van der Waals surface area contributed by atoms with E-state index in [-0.39, 0.29) is 30.9 Å². The predicted octanol–water partition coefficient (Wildman–Crippen LogP) is 3.39. The molecule has 4 aromatic rings. The molecule has 11 heteroatoms. The molecular weight excluding hydrogens is 516 g/mol. The second-order valence-electron chi connectivity index (χ2n) is 9.19. The van der Waals surface area contributed by atoms with Gasteiger partial charge in [-0.15, -0.1) is 0 Å². The minimum absolute atomic E-state index is 0.164. The summed E-state index contributed by atoms with van der Waals surface area (Å²) in [5, 5.41) is 6.41. The Labute approximate surface area is 228 Å². The molecule has 0 bridgehead atoms. The van der Waals surface area contributed by atoms with Gasteiger partial charge in [0.1, 0.15) is 12.7 Å². The zero-order chi connectivity index (χ0) is 28.1. The third-order valence-electron chi connectivity index (χ3n) is 6.48. The molecule has 204 valence electrons. The van der Waals surface area contributed by atoms with Crippen LogP contribution in [-0.2, 0) is 25.7 Å². The number of carbonyl (C=O) groups excluding carboxylic acids is 3. The van der Waals surface area contributed by atoms with E-state index in [4.69, 9.17) is 9.47 Å². The van der Waals surface area contributed by atoms with E-state index in [9.17, 15) is 19.2 Å². The monoisotopic (exact) mass is 542 g/mol. The third-order valence-corrected chi connectivity index (χ3v) is 6.48. The minimum Gasteiger partial charge on any atom is -0.457 e. The van der Waals surface area contributed by atoms with Crippen molar-refractivity contribution in [3.63, 3.8) is 0 Å². The molecule has 0 radical (unpaired) electrons. The molecule has 2 atom stereocenters. The van der Waals surface area contributed by atoms with Gasteiger partial charge in [-0.1, -0.05) is 42.4 Å². The lowest BCUT2D eigenvalue weighted by atomic mass is 10.0. The normalized spacial score (nSPS) is 15.9. The van der Waals surface area contributed by atoms with Crippen molar-refractivity contribution in [3.8, 4) is 11.4 Å². The Hall–Kier alpha value is -5.03. The van der Waals surface area contributed by atoms with Crippen molar-refractivity contribution < 1.29 is 28.4 Å². The molecule has 5 rings (SSSR count). The van der Waals surface area contributed by atoms with E-state index in [1.165, 1.54) is 0 Å². The molecule has 1 aliphatic rings. The number of ether oxygens (including phenoxy) is 2. The highest BCUT2D eigenvalue weighted by atomic mass is 16.5. The van der Waals surface area contributed by atoms with Gasteiger partial charge in [-0.2, -0.15) is 0 Å². The number of carbonyl (C=O) groups is 3. The number of aromatic nitrogens is 2. The summed E-state index contributed by atoms with van der Waals surface area (Å²) in [5.41, 5.74) is 2.95. The van der Waals surface area contributed by atoms with Crippen LogP contribution in [0.25, 0.3) is 11.4 Å². The molecule has 0 aliphatic carbocycles. The molecule has 1 saturated heterocycles. The van der Waals surface area contributed by atoms with E-state index in [0.717, 1.165) is 5.56 Å². The van der Waals surface area contributed by atoms with Crippen molar-refractivity contribution in [2.24, 2.45) is 5.92 Å². The maximum absolute atomic E-state index is 13.3. The number of morpholine rings is 1. The smallest absolute Gasteiger partial charge is 0.439 e. The van der Waals surface area contributed by atoms with Crippen molar-refractivity contribution in [2.75, 3.05) is 23.4 Å². The SMILES string of the molecule is CC(C(=O)Nc1ccc(-c2noc(=O)[nH]2)cc1)C1OCCN(c2ccc(C(=O)OCc3ccccc3)cc2)C1=O. The summed E-state index contributed by atoms with van der Waals surface area (Å²) >= 11 is 0. The van der Waals surface area contributed by atoms with Crippen LogP contribution < -0.4 is 16.0 Å². The van der Waals surface area contributed by atoms with Crippen LogP contribution in [0.1, 0.15) is 22.8 Å². The number of anilines is 2. The largest absolute Gasteiger partial charge is 0.457 e. The van der Waals surface area contributed by atoms with Crippen LogP contribution in [0, 0.1) is 5.92 Å². The Kier molecular flexibility index (Phi) is 7.83. The topological polar surface area (TPSA) is 144 Å². The van der Waals surface area contributed by atoms with Gasteiger partial charge in [0.25, 0.3) is 5.91 Å². The van der Waals surface area contributed by atoms with Crippen LogP contribution >= 0.6 is 0 Å². The average Bonchev–Trinajstić information content (AvgIpc) is 3.43. The predicted molar refractivity (Wildman–Crippen MR) is 144 cm³/mol. The van der Waals surface area contributed by atoms with Gasteiger partial charge >= 0.3 is 11.7 Å². The van der Waals surface area contributed by atoms with Crippen LogP contribution in [-0.4, -0.2) is 47.2 Å². The maximum Gasteiger partial charge on any atom is 0.439 e. The Balaban J connectivity index is 1.19. The first-order valence-corrected chi connectivity index (χ1v) is 12.6. The second-order valence-corrected chi connectivity index (χ2v) is 9.19. The van der Waals surface area contributed by atoms with E-state index >= 15 is 0 Å². The van der Waals surface area contributed by atoms with Gasteiger partial charge in [-0.05, 0) is 54.1 Å². The summed E-state index contributed by atoms with van der Waals surface area (Å²) in [7, 11) is 0. The van der Waals surface area contributed by atoms with Crippen LogP contribution in [0.2, 0.25) is 0 Å². The zero-order valence-corrected chi connectivity index (χ0v) is 21.5. The highest BCUT2D eigenvalue weighted by Gasteiger charge is 2.37. The van der Waals surface area contributed by atoms with Gasteiger partial charge in [0.2, 0.25) is 5.91 Å². The number of nitrogens with zero attached hydrogens (tertiary/aromatic N) is 2. The number of H-pyrrole nitrogens is 1. The highest BCUT2D eigenvalue weighted by Crippen LogP contribution is 2.24. The van der Waals surface area contributed by atoms with Crippen LogP contribution in [0.5, 0.6) is 0 Å². The number of benzene rings is 3. The van der Waals surface area contributed by atoms with Gasteiger partial charge in [0, 0.05) is 23.5 Å². The lowest BCUT2D eigenvalue weighted by Gasteiger charge is -2.34. The Morgan fingerprint density at radius 3 is 2.45 bits per heavy atom. The number of amides is 2. The molecule has 2 heterocycles. The lowest BCUT2D eigenvalue weighted by Crippen LogP contribution is -2.52. The van der Waals surface area contributed by atoms with Gasteiger partial charge in [0.05, 0.1) is 18.1 Å². The average molecular weight is 543 g/mol. The third kappa shape index (κ3) is 6.00. The lowest BCUT2D eigenvalue weighted by molar-refractivity contribution is -0.143. The summed E-state index contributed by atoms with van der Waals surface area (Å²) < 4.78 is 15.6. The van der Waals surface area contributed by atoms with Gasteiger partial charge in [0.15, 0.2) is 5.82 Å². The summed E-state index contributed by atoms with van der Waals surface area (Å²) in [6, 6.07) is 22.6. The van der Waals surface area contributed by atoms with Crippen molar-refractivity contribution in [3.05, 3.63) is 101 Å². The molecule has 0 spiro atoms. The van der Waals surface area contributed by atoms with Crippen molar-refractivity contribution in [1.29, 1.82) is 0 Å². The van der Waals surface area contributed by atoms with Crippen molar-refractivity contribution >= 4 is 29.2 Å². The maximum atomic E-state index is 13.3. The molecule has 1 aliphatic heterocycles. The molecule has 2 unspecified atom stereocenters. The number of hydrogen-bond acceptors (Lipinski definition) is 8. The van der Waals surface area contributed by atoms with Crippen molar-refractivity contribution in [2.45, 2.75) is 19.6 Å². The van der Waals surface area contributed by atoms with E-state index in [0.29, 0.717) is 29.0 Å². The van der Waals surface area contributed by atoms with E-state index < -0.39 is 23.7 Å². The van der Waals surface area contributed by atoms with Gasteiger partial charge < -0.3 is 19.7 Å². The molecular formula is C29H26N4O7. The van der Waals surface area contributed by atoms with Crippen LogP contribution in [0.15, 0.2) is 88.2 Å². The first-order valence-electron chi connectivity index (χ1n) is 12.6. The number of esters is 1. The molecule has 1 aromatic heterocycles. The zero-order valence-electron chi connectivity index (χ0n) is 21.5. The molecule has 2 amide bonds. The first kappa shape index (κ1) is 26.6. The Morgan fingerprint density at radius 2 is 1.77 bits per heavy atom. The summed E-state index contributed by atoms with van der Waals surface area (Å²) in [4.78, 5) is 53.8. The molecule has 11 nitrogen and oxygen atoms in total. The van der Waals surface area contributed by atoms with E-state index in [2.05, 4.69) is 20.0 Å². The summed E-state index contributed by atoms with van der Waals surface area (Å²) in [6.45, 7) is 2.35. The molecule has 1 fully saturated rings. The summed E-state index contributed by atoms with van der Waals surface area (Å²) in [6.07, 6.45) is -0.983. The first-order chi connectivity index (χ1) is 19.4. The Bertz CT molecular complexity index is 1550. The fourth-order valence-electron chi connectivity index (χ4n) is 4.26. The number of rotatable bonds is 8. The quantitative estimate of drug-likeness (QED) is 0.323. The number of hydrogen-bond donors (Lipinski definition) is 2. The van der Waals surface area contributed by atoms with Crippen LogP contribution in [0.3, 0.4) is 0 Å². The van der Waals surface area contributed by atoms with Gasteiger partial charge in [-0.25, -0.2) is 9.59 Å². The molecule has 40 heavy (non-hydrogen) atoms. The number of aromatic amines is 1. The molecule has 0 saturated carbocycles. The molecule has 3 aromatic carbocycles. The molecule has 2 N–H and O–H groups in total. The van der Waals surface area contributed by atoms with Crippen molar-refractivity contribution in [1.82, 2.24) is 10.1 Å². The van der Waals surface area contributed by atoms with E-state index in [1.54, 1.807) is 60.4 Å². The highest BCUT2D eigenvalue weighted by molar-refractivity contribution is 6.03. The Morgan fingerprint density at radius 1 is 1.05 bits per heavy atom.